The lowest BCUT2D eigenvalue weighted by atomic mass is 10.2. The van der Waals surface area contributed by atoms with Gasteiger partial charge in [-0.2, -0.15) is 9.97 Å². The van der Waals surface area contributed by atoms with E-state index >= 15 is 0 Å². The summed E-state index contributed by atoms with van der Waals surface area (Å²) in [6.45, 7) is 1.22. The third-order valence-corrected chi connectivity index (χ3v) is 4.45. The van der Waals surface area contributed by atoms with Crippen LogP contribution in [0.25, 0.3) is 11.0 Å². The van der Waals surface area contributed by atoms with Crippen LogP contribution in [0.1, 0.15) is 5.56 Å². The highest BCUT2D eigenvalue weighted by molar-refractivity contribution is 6.35. The summed E-state index contributed by atoms with van der Waals surface area (Å²) < 4.78 is 5.01. The molecular weight excluding hydrogens is 365 g/mol. The lowest BCUT2D eigenvalue weighted by molar-refractivity contribution is 0.181. The molecule has 1 fully saturated rings. The first kappa shape index (κ1) is 16.0. The van der Waals surface area contributed by atoms with Crippen LogP contribution in [0.4, 0.5) is 16.6 Å². The Balaban J connectivity index is 1.64. The fraction of sp³-hybridized carbons (Fsp3) is 0.188. The van der Waals surface area contributed by atoms with Crippen LogP contribution in [0.5, 0.6) is 0 Å². The molecule has 0 radical (unpaired) electrons. The minimum Gasteiger partial charge on any atom is -0.447 e. The number of fused-ring (bicyclic) bond motifs is 1. The van der Waals surface area contributed by atoms with Crippen LogP contribution in [-0.2, 0) is 11.3 Å². The molecule has 1 saturated heterocycles. The van der Waals surface area contributed by atoms with E-state index in [0.29, 0.717) is 47.2 Å². The van der Waals surface area contributed by atoms with E-state index in [1.54, 1.807) is 18.3 Å². The molecule has 0 bridgehead atoms. The maximum Gasteiger partial charge on any atom is 0.415 e. The number of hydrogen-bond donors (Lipinski definition) is 2. The summed E-state index contributed by atoms with van der Waals surface area (Å²) in [6, 6.07) is 7.12. The van der Waals surface area contributed by atoms with Crippen molar-refractivity contribution in [3.8, 4) is 0 Å². The van der Waals surface area contributed by atoms with Gasteiger partial charge in [0.1, 0.15) is 12.3 Å². The van der Waals surface area contributed by atoms with Gasteiger partial charge in [0.25, 0.3) is 0 Å². The summed E-state index contributed by atoms with van der Waals surface area (Å²) in [5, 5.41) is 5.03. The Morgan fingerprint density at radius 3 is 2.92 bits per heavy atom. The molecule has 128 valence electrons. The van der Waals surface area contributed by atoms with Gasteiger partial charge in [-0.15, -0.1) is 0 Å². The fourth-order valence-electron chi connectivity index (χ4n) is 2.63. The molecule has 2 N–H and O–H groups in total. The summed E-state index contributed by atoms with van der Waals surface area (Å²) in [7, 11) is 0. The van der Waals surface area contributed by atoms with Gasteiger partial charge in [-0.05, 0) is 23.8 Å². The number of anilines is 2. The summed E-state index contributed by atoms with van der Waals surface area (Å²) in [6.07, 6.45) is 1.34. The minimum absolute atomic E-state index is 0.345. The first-order valence-electron chi connectivity index (χ1n) is 7.59. The predicted octanol–water partition coefficient (Wildman–Crippen LogP) is 3.83. The second kappa shape index (κ2) is 6.42. The van der Waals surface area contributed by atoms with Gasteiger partial charge in [-0.25, -0.2) is 4.79 Å². The van der Waals surface area contributed by atoms with Gasteiger partial charge < -0.3 is 15.0 Å². The largest absolute Gasteiger partial charge is 0.447 e. The van der Waals surface area contributed by atoms with E-state index in [0.717, 1.165) is 10.9 Å². The topological polar surface area (TPSA) is 83.1 Å². The first-order valence-corrected chi connectivity index (χ1v) is 8.34. The van der Waals surface area contributed by atoms with Gasteiger partial charge in [0.2, 0.25) is 5.95 Å². The molecule has 0 saturated carbocycles. The third kappa shape index (κ3) is 3.08. The number of nitrogens with one attached hydrogen (secondary N) is 2. The molecule has 0 spiro atoms. The normalized spacial score (nSPS) is 14.2. The highest BCUT2D eigenvalue weighted by Crippen LogP contribution is 2.27. The Morgan fingerprint density at radius 2 is 2.16 bits per heavy atom. The molecule has 9 heteroatoms. The van der Waals surface area contributed by atoms with Gasteiger partial charge >= 0.3 is 6.09 Å². The van der Waals surface area contributed by atoms with Crippen LogP contribution in [0.15, 0.2) is 30.5 Å². The predicted molar refractivity (Wildman–Crippen MR) is 96.4 cm³/mol. The standard InChI is InChI=1S/C16H13Cl2N5O2/c17-10-2-1-9(12(18)7-10)8-20-15-21-13-11(3-4-19-13)14(22-15)23-5-6-25-16(23)24/h1-4,7H,5-6,8H2,(H2,19,20,21,22). The van der Waals surface area contributed by atoms with Crippen molar-refractivity contribution in [2.75, 3.05) is 23.4 Å². The molecule has 1 aliphatic rings. The number of benzene rings is 1. The highest BCUT2D eigenvalue weighted by Gasteiger charge is 2.27. The Labute approximate surface area is 152 Å². The number of halogens is 2. The van der Waals surface area contributed by atoms with Crippen LogP contribution < -0.4 is 10.2 Å². The summed E-state index contributed by atoms with van der Waals surface area (Å²) in [5.41, 5.74) is 1.50. The van der Waals surface area contributed by atoms with Gasteiger partial charge in [0.05, 0.1) is 11.9 Å². The van der Waals surface area contributed by atoms with Crippen LogP contribution in [0.2, 0.25) is 10.0 Å². The van der Waals surface area contributed by atoms with Gasteiger partial charge in [0, 0.05) is 22.8 Å². The number of rotatable bonds is 4. The van der Waals surface area contributed by atoms with Gasteiger partial charge in [-0.1, -0.05) is 29.3 Å². The number of aromatic nitrogens is 3. The van der Waals surface area contributed by atoms with Crippen molar-refractivity contribution in [3.63, 3.8) is 0 Å². The van der Waals surface area contributed by atoms with E-state index < -0.39 is 6.09 Å². The number of carbonyl (C=O) groups excluding carboxylic acids is 1. The van der Waals surface area contributed by atoms with Crippen LogP contribution in [0.3, 0.4) is 0 Å². The van der Waals surface area contributed by atoms with Crippen molar-refractivity contribution in [1.29, 1.82) is 0 Å². The molecule has 1 amide bonds. The zero-order chi connectivity index (χ0) is 17.4. The molecular formula is C16H13Cl2N5O2. The number of nitrogens with zero attached hydrogens (tertiary/aromatic N) is 3. The molecule has 25 heavy (non-hydrogen) atoms. The molecule has 4 rings (SSSR count). The van der Waals surface area contributed by atoms with E-state index in [1.807, 2.05) is 12.1 Å². The Kier molecular flexibility index (Phi) is 4.10. The molecule has 0 unspecified atom stereocenters. The Hall–Kier alpha value is -2.51. The second-order valence-electron chi connectivity index (χ2n) is 5.47. The van der Waals surface area contributed by atoms with Crippen LogP contribution in [-0.4, -0.2) is 34.2 Å². The van der Waals surface area contributed by atoms with E-state index in [1.165, 1.54) is 4.90 Å². The van der Waals surface area contributed by atoms with Gasteiger partial charge in [0.15, 0.2) is 5.82 Å². The van der Waals surface area contributed by atoms with Crippen molar-refractivity contribution in [2.24, 2.45) is 0 Å². The SMILES string of the molecule is O=C1OCCN1c1nc(NCc2ccc(Cl)cc2Cl)nc2[nH]ccc12. The van der Waals surface area contributed by atoms with Crippen LogP contribution >= 0.6 is 23.2 Å². The van der Waals surface area contributed by atoms with Crippen LogP contribution in [0, 0.1) is 0 Å². The Bertz CT molecular complexity index is 959. The average Bonchev–Trinajstić information content (AvgIpc) is 3.22. The first-order chi connectivity index (χ1) is 12.1. The van der Waals surface area contributed by atoms with Gasteiger partial charge in [-0.3, -0.25) is 4.90 Å². The van der Waals surface area contributed by atoms with Crippen molar-refractivity contribution >= 4 is 52.1 Å². The monoisotopic (exact) mass is 377 g/mol. The van der Waals surface area contributed by atoms with E-state index in [4.69, 9.17) is 27.9 Å². The molecule has 3 heterocycles. The lowest BCUT2D eigenvalue weighted by Crippen LogP contribution is -2.25. The summed E-state index contributed by atoms with van der Waals surface area (Å²) in [4.78, 5) is 25.3. The number of amides is 1. The molecule has 2 aromatic heterocycles. The Morgan fingerprint density at radius 1 is 1.28 bits per heavy atom. The smallest absolute Gasteiger partial charge is 0.415 e. The van der Waals surface area contributed by atoms with Crippen molar-refractivity contribution in [1.82, 2.24) is 15.0 Å². The minimum atomic E-state index is -0.409. The number of hydrogen-bond acceptors (Lipinski definition) is 5. The molecule has 3 aromatic rings. The quantitative estimate of drug-likeness (QED) is 0.721. The zero-order valence-electron chi connectivity index (χ0n) is 12.9. The van der Waals surface area contributed by atoms with Crippen molar-refractivity contribution in [3.05, 3.63) is 46.1 Å². The maximum absolute atomic E-state index is 11.9. The zero-order valence-corrected chi connectivity index (χ0v) is 14.4. The molecule has 0 aliphatic carbocycles. The summed E-state index contributed by atoms with van der Waals surface area (Å²) in [5.74, 6) is 0.897. The third-order valence-electron chi connectivity index (χ3n) is 3.86. The molecule has 1 aliphatic heterocycles. The number of carbonyl (C=O) groups is 1. The highest BCUT2D eigenvalue weighted by atomic mass is 35.5. The van der Waals surface area contributed by atoms with Crippen molar-refractivity contribution < 1.29 is 9.53 Å². The summed E-state index contributed by atoms with van der Waals surface area (Å²) >= 11 is 12.1. The number of cyclic esters (lactones) is 1. The average molecular weight is 378 g/mol. The van der Waals surface area contributed by atoms with E-state index in [2.05, 4.69) is 20.3 Å². The number of aromatic amines is 1. The number of H-pyrrole nitrogens is 1. The number of ether oxygens (including phenoxy) is 1. The fourth-order valence-corrected chi connectivity index (χ4v) is 3.11. The molecule has 1 aromatic carbocycles. The lowest BCUT2D eigenvalue weighted by Gasteiger charge is -2.14. The van der Waals surface area contributed by atoms with Crippen molar-refractivity contribution in [2.45, 2.75) is 6.54 Å². The van der Waals surface area contributed by atoms with E-state index in [9.17, 15) is 4.79 Å². The molecule has 0 atom stereocenters. The second-order valence-corrected chi connectivity index (χ2v) is 6.31. The van der Waals surface area contributed by atoms with E-state index in [-0.39, 0.29) is 0 Å². The molecule has 7 nitrogen and oxygen atoms in total. The maximum atomic E-state index is 11.9.